The maximum atomic E-state index is 3.55. The van der Waals surface area contributed by atoms with Gasteiger partial charge in [0.1, 0.15) is 0 Å². The van der Waals surface area contributed by atoms with E-state index in [4.69, 9.17) is 0 Å². The lowest BCUT2D eigenvalue weighted by atomic mass is 9.86. The van der Waals surface area contributed by atoms with E-state index in [0.717, 1.165) is 17.9 Å². The van der Waals surface area contributed by atoms with Crippen LogP contribution in [0.2, 0.25) is 0 Å². The molecule has 2 unspecified atom stereocenters. The molecule has 0 aromatic rings. The van der Waals surface area contributed by atoms with Gasteiger partial charge in [0.05, 0.1) is 0 Å². The van der Waals surface area contributed by atoms with Gasteiger partial charge in [-0.15, -0.1) is 0 Å². The van der Waals surface area contributed by atoms with E-state index in [0.29, 0.717) is 0 Å². The molecule has 0 bridgehead atoms. The molecule has 0 spiro atoms. The van der Waals surface area contributed by atoms with Crippen molar-refractivity contribution in [3.63, 3.8) is 0 Å². The highest BCUT2D eigenvalue weighted by Crippen LogP contribution is 2.28. The van der Waals surface area contributed by atoms with Crippen molar-refractivity contribution in [2.75, 3.05) is 7.05 Å². The zero-order valence-electron chi connectivity index (χ0n) is 11.6. The third-order valence-electron chi connectivity index (χ3n) is 4.36. The first kappa shape index (κ1) is 14.0. The minimum Gasteiger partial charge on any atom is -0.317 e. The molecule has 0 aliphatic heterocycles. The number of rotatable bonds is 6. The maximum absolute atomic E-state index is 3.55. The van der Waals surface area contributed by atoms with E-state index in [9.17, 15) is 0 Å². The molecular formula is C15H31N. The van der Waals surface area contributed by atoms with Gasteiger partial charge in [0.2, 0.25) is 0 Å². The predicted molar refractivity (Wildman–Crippen MR) is 72.7 cm³/mol. The van der Waals surface area contributed by atoms with Crippen LogP contribution in [0.15, 0.2) is 0 Å². The Kier molecular flexibility index (Phi) is 7.11. The van der Waals surface area contributed by atoms with Crippen LogP contribution < -0.4 is 5.32 Å². The zero-order valence-corrected chi connectivity index (χ0v) is 11.6. The van der Waals surface area contributed by atoms with Crippen LogP contribution in [-0.4, -0.2) is 13.1 Å². The van der Waals surface area contributed by atoms with Gasteiger partial charge in [-0.2, -0.15) is 0 Å². The van der Waals surface area contributed by atoms with Gasteiger partial charge in [-0.1, -0.05) is 58.8 Å². The SMILES string of the molecule is CCCC(C)C(CC1CCCCCC1)NC. The normalized spacial score (nSPS) is 22.7. The summed E-state index contributed by atoms with van der Waals surface area (Å²) in [5, 5.41) is 3.55. The van der Waals surface area contributed by atoms with E-state index in [2.05, 4.69) is 26.2 Å². The maximum Gasteiger partial charge on any atom is 0.00923 e. The molecular weight excluding hydrogens is 194 g/mol. The highest BCUT2D eigenvalue weighted by Gasteiger charge is 2.20. The van der Waals surface area contributed by atoms with E-state index in [1.54, 1.807) is 0 Å². The monoisotopic (exact) mass is 225 g/mol. The van der Waals surface area contributed by atoms with Crippen LogP contribution in [0.5, 0.6) is 0 Å². The summed E-state index contributed by atoms with van der Waals surface area (Å²) < 4.78 is 0. The highest BCUT2D eigenvalue weighted by molar-refractivity contribution is 4.77. The summed E-state index contributed by atoms with van der Waals surface area (Å²) in [7, 11) is 2.15. The zero-order chi connectivity index (χ0) is 11.8. The van der Waals surface area contributed by atoms with Crippen molar-refractivity contribution in [2.24, 2.45) is 11.8 Å². The standard InChI is InChI=1S/C15H31N/c1-4-9-13(2)15(16-3)12-14-10-7-5-6-8-11-14/h13-16H,4-12H2,1-3H3. The molecule has 2 atom stereocenters. The second kappa shape index (κ2) is 8.11. The van der Waals surface area contributed by atoms with Crippen LogP contribution in [0.1, 0.15) is 71.6 Å². The van der Waals surface area contributed by atoms with E-state index >= 15 is 0 Å². The molecule has 0 radical (unpaired) electrons. The number of hydrogen-bond acceptors (Lipinski definition) is 1. The van der Waals surface area contributed by atoms with Gasteiger partial charge in [-0.25, -0.2) is 0 Å². The Bertz CT molecular complexity index is 159. The second-order valence-electron chi connectivity index (χ2n) is 5.75. The minimum atomic E-state index is 0.753. The first-order chi connectivity index (χ1) is 7.77. The molecule has 1 aliphatic rings. The van der Waals surface area contributed by atoms with Crippen molar-refractivity contribution >= 4 is 0 Å². The van der Waals surface area contributed by atoms with Crippen LogP contribution in [0.25, 0.3) is 0 Å². The second-order valence-corrected chi connectivity index (χ2v) is 5.75. The number of nitrogens with one attached hydrogen (secondary N) is 1. The van der Waals surface area contributed by atoms with Gasteiger partial charge in [-0.05, 0) is 31.7 Å². The Labute approximate surface area is 102 Å². The molecule has 1 fully saturated rings. The summed E-state index contributed by atoms with van der Waals surface area (Å²) in [4.78, 5) is 0. The van der Waals surface area contributed by atoms with Gasteiger partial charge in [0.25, 0.3) is 0 Å². The molecule has 1 heteroatoms. The summed E-state index contributed by atoms with van der Waals surface area (Å²) in [6, 6.07) is 0.753. The van der Waals surface area contributed by atoms with Crippen LogP contribution in [0, 0.1) is 11.8 Å². The molecule has 16 heavy (non-hydrogen) atoms. The van der Waals surface area contributed by atoms with E-state index in [1.807, 2.05) is 0 Å². The van der Waals surface area contributed by atoms with E-state index in [-0.39, 0.29) is 0 Å². The minimum absolute atomic E-state index is 0.753. The lowest BCUT2D eigenvalue weighted by molar-refractivity contribution is 0.288. The van der Waals surface area contributed by atoms with Crippen molar-refractivity contribution in [1.29, 1.82) is 0 Å². The summed E-state index contributed by atoms with van der Waals surface area (Å²) in [5.41, 5.74) is 0. The lowest BCUT2D eigenvalue weighted by Gasteiger charge is -2.27. The van der Waals surface area contributed by atoms with Crippen LogP contribution >= 0.6 is 0 Å². The molecule has 1 saturated carbocycles. The largest absolute Gasteiger partial charge is 0.317 e. The lowest BCUT2D eigenvalue weighted by Crippen LogP contribution is -2.34. The van der Waals surface area contributed by atoms with Gasteiger partial charge in [-0.3, -0.25) is 0 Å². The topological polar surface area (TPSA) is 12.0 Å². The van der Waals surface area contributed by atoms with Gasteiger partial charge < -0.3 is 5.32 Å². The van der Waals surface area contributed by atoms with Gasteiger partial charge in [0.15, 0.2) is 0 Å². The van der Waals surface area contributed by atoms with Crippen LogP contribution in [-0.2, 0) is 0 Å². The first-order valence-corrected chi connectivity index (χ1v) is 7.45. The van der Waals surface area contributed by atoms with Gasteiger partial charge in [0, 0.05) is 6.04 Å². The fraction of sp³-hybridized carbons (Fsp3) is 1.00. The third-order valence-corrected chi connectivity index (χ3v) is 4.36. The highest BCUT2D eigenvalue weighted by atomic mass is 14.9. The Morgan fingerprint density at radius 1 is 1.12 bits per heavy atom. The Morgan fingerprint density at radius 3 is 2.25 bits per heavy atom. The number of hydrogen-bond donors (Lipinski definition) is 1. The molecule has 0 heterocycles. The average Bonchev–Trinajstić information content (AvgIpc) is 2.54. The molecule has 96 valence electrons. The third kappa shape index (κ3) is 4.86. The molecule has 0 aromatic heterocycles. The van der Waals surface area contributed by atoms with E-state index < -0.39 is 0 Å². The smallest absolute Gasteiger partial charge is 0.00923 e. The fourth-order valence-corrected chi connectivity index (χ4v) is 3.25. The predicted octanol–water partition coefficient (Wildman–Crippen LogP) is 4.37. The van der Waals surface area contributed by atoms with Gasteiger partial charge >= 0.3 is 0 Å². The Hall–Kier alpha value is -0.0400. The first-order valence-electron chi connectivity index (χ1n) is 7.45. The summed E-state index contributed by atoms with van der Waals surface area (Å²) in [6.07, 6.45) is 13.0. The van der Waals surface area contributed by atoms with Crippen LogP contribution in [0.4, 0.5) is 0 Å². The molecule has 1 nitrogen and oxygen atoms in total. The molecule has 0 amide bonds. The fourth-order valence-electron chi connectivity index (χ4n) is 3.25. The Morgan fingerprint density at radius 2 is 1.75 bits per heavy atom. The van der Waals surface area contributed by atoms with Crippen molar-refractivity contribution in [2.45, 2.75) is 77.7 Å². The molecule has 1 N–H and O–H groups in total. The molecule has 1 rings (SSSR count). The average molecular weight is 225 g/mol. The van der Waals surface area contributed by atoms with Crippen molar-refractivity contribution in [1.82, 2.24) is 5.32 Å². The summed E-state index contributed by atoms with van der Waals surface area (Å²) in [5.74, 6) is 1.84. The van der Waals surface area contributed by atoms with Crippen molar-refractivity contribution in [3.05, 3.63) is 0 Å². The van der Waals surface area contributed by atoms with Crippen molar-refractivity contribution in [3.8, 4) is 0 Å². The molecule has 1 aliphatic carbocycles. The summed E-state index contributed by atoms with van der Waals surface area (Å²) in [6.45, 7) is 4.72. The molecule has 0 aromatic carbocycles. The summed E-state index contributed by atoms with van der Waals surface area (Å²) >= 11 is 0. The van der Waals surface area contributed by atoms with Crippen molar-refractivity contribution < 1.29 is 0 Å². The quantitative estimate of drug-likeness (QED) is 0.662. The van der Waals surface area contributed by atoms with E-state index in [1.165, 1.54) is 57.8 Å². The molecule has 0 saturated heterocycles. The Balaban J connectivity index is 2.35. The van der Waals surface area contributed by atoms with Crippen LogP contribution in [0.3, 0.4) is 0 Å².